The number of carbonyl (C=O) groups excluding carboxylic acids is 1. The van der Waals surface area contributed by atoms with Gasteiger partial charge in [-0.15, -0.1) is 5.10 Å². The van der Waals surface area contributed by atoms with Gasteiger partial charge in [0.2, 0.25) is 11.8 Å². The number of para-hydroxylation sites is 1. The van der Waals surface area contributed by atoms with Gasteiger partial charge in [0, 0.05) is 31.0 Å². The van der Waals surface area contributed by atoms with Gasteiger partial charge in [0.05, 0.1) is 5.92 Å². The van der Waals surface area contributed by atoms with E-state index < -0.39 is 5.76 Å². The van der Waals surface area contributed by atoms with Crippen molar-refractivity contribution >= 4 is 5.91 Å². The van der Waals surface area contributed by atoms with Crippen molar-refractivity contribution in [1.82, 2.24) is 15.1 Å². The number of nitrogens with zero attached hydrogens (tertiary/aromatic N) is 2. The Morgan fingerprint density at radius 3 is 2.69 bits per heavy atom. The van der Waals surface area contributed by atoms with Crippen LogP contribution in [0, 0.1) is 0 Å². The molecule has 2 aliphatic heterocycles. The molecule has 26 heavy (non-hydrogen) atoms. The lowest BCUT2D eigenvalue weighted by molar-refractivity contribution is -0.136. The molecular weight excluding hydrogens is 334 g/mol. The standard InChI is InChI=1S/C19H23N3O4/c1-19(2)11-14(13-5-3-4-6-15(13)26-19)17(23)22-9-7-12(8-10-22)16-20-21-18(24)25-16/h3-6,12,14H,7-11H2,1-2H3,(H,21,24). The van der Waals surface area contributed by atoms with E-state index in [2.05, 4.69) is 10.2 Å². The van der Waals surface area contributed by atoms with Crippen LogP contribution in [0.3, 0.4) is 0 Å². The molecule has 0 spiro atoms. The molecule has 1 saturated heterocycles. The lowest BCUT2D eigenvalue weighted by Gasteiger charge is -2.40. The van der Waals surface area contributed by atoms with Gasteiger partial charge in [-0.05, 0) is 32.8 Å². The van der Waals surface area contributed by atoms with E-state index in [1.165, 1.54) is 0 Å². The van der Waals surface area contributed by atoms with Crippen molar-refractivity contribution in [2.75, 3.05) is 13.1 Å². The summed E-state index contributed by atoms with van der Waals surface area (Å²) in [6, 6.07) is 7.80. The van der Waals surface area contributed by atoms with Crippen molar-refractivity contribution in [3.05, 3.63) is 46.3 Å². The van der Waals surface area contributed by atoms with E-state index in [9.17, 15) is 9.59 Å². The van der Waals surface area contributed by atoms with E-state index in [-0.39, 0.29) is 23.3 Å². The Morgan fingerprint density at radius 1 is 1.27 bits per heavy atom. The van der Waals surface area contributed by atoms with E-state index in [0.29, 0.717) is 25.4 Å². The molecule has 0 radical (unpaired) electrons. The highest BCUT2D eigenvalue weighted by Gasteiger charge is 2.40. The number of aromatic nitrogens is 2. The van der Waals surface area contributed by atoms with Gasteiger partial charge in [-0.3, -0.25) is 4.79 Å². The quantitative estimate of drug-likeness (QED) is 0.892. The van der Waals surface area contributed by atoms with Crippen molar-refractivity contribution < 1.29 is 13.9 Å². The number of likely N-dealkylation sites (tertiary alicyclic amines) is 1. The van der Waals surface area contributed by atoms with Gasteiger partial charge in [0.25, 0.3) is 0 Å². The van der Waals surface area contributed by atoms with E-state index in [0.717, 1.165) is 24.2 Å². The van der Waals surface area contributed by atoms with E-state index >= 15 is 0 Å². The molecule has 1 atom stereocenters. The van der Waals surface area contributed by atoms with Crippen LogP contribution in [0.5, 0.6) is 5.75 Å². The number of fused-ring (bicyclic) bond motifs is 1. The third kappa shape index (κ3) is 3.13. The number of nitrogens with one attached hydrogen (secondary N) is 1. The fourth-order valence-electron chi connectivity index (χ4n) is 4.01. The number of amides is 1. The summed E-state index contributed by atoms with van der Waals surface area (Å²) < 4.78 is 11.1. The molecule has 1 fully saturated rings. The summed E-state index contributed by atoms with van der Waals surface area (Å²) in [5, 5.41) is 6.23. The highest BCUT2D eigenvalue weighted by molar-refractivity contribution is 5.85. The Kier molecular flexibility index (Phi) is 4.09. The lowest BCUT2D eigenvalue weighted by Crippen LogP contribution is -2.45. The fraction of sp³-hybridized carbons (Fsp3) is 0.526. The number of piperidine rings is 1. The number of carbonyl (C=O) groups is 1. The topological polar surface area (TPSA) is 88.4 Å². The zero-order valence-electron chi connectivity index (χ0n) is 15.0. The second-order valence-corrected chi connectivity index (χ2v) is 7.71. The van der Waals surface area contributed by atoms with Gasteiger partial charge < -0.3 is 14.1 Å². The maximum absolute atomic E-state index is 13.2. The van der Waals surface area contributed by atoms with Crippen LogP contribution >= 0.6 is 0 Å². The van der Waals surface area contributed by atoms with Crippen molar-refractivity contribution in [2.45, 2.75) is 50.5 Å². The number of rotatable bonds is 2. The van der Waals surface area contributed by atoms with Gasteiger partial charge >= 0.3 is 5.76 Å². The zero-order valence-corrected chi connectivity index (χ0v) is 15.0. The summed E-state index contributed by atoms with van der Waals surface area (Å²) in [4.78, 5) is 26.3. The van der Waals surface area contributed by atoms with Crippen LogP contribution < -0.4 is 10.5 Å². The lowest BCUT2D eigenvalue weighted by atomic mass is 9.83. The van der Waals surface area contributed by atoms with Crippen molar-refractivity contribution in [3.63, 3.8) is 0 Å². The molecule has 1 amide bonds. The van der Waals surface area contributed by atoms with E-state index in [1.807, 2.05) is 43.0 Å². The molecule has 0 saturated carbocycles. The Bertz CT molecular complexity index is 861. The first-order valence-corrected chi connectivity index (χ1v) is 9.05. The average Bonchev–Trinajstić information content (AvgIpc) is 3.06. The number of ether oxygens (including phenoxy) is 1. The Labute approximate surface area is 151 Å². The molecule has 1 aromatic carbocycles. The fourth-order valence-corrected chi connectivity index (χ4v) is 4.01. The minimum atomic E-state index is -0.528. The number of H-pyrrole nitrogens is 1. The summed E-state index contributed by atoms with van der Waals surface area (Å²) in [6.07, 6.45) is 2.15. The van der Waals surface area contributed by atoms with Crippen LogP contribution in [-0.4, -0.2) is 39.7 Å². The third-order valence-corrected chi connectivity index (χ3v) is 5.28. The summed E-state index contributed by atoms with van der Waals surface area (Å²) in [6.45, 7) is 5.32. The van der Waals surface area contributed by atoms with Crippen LogP contribution in [0.2, 0.25) is 0 Å². The van der Waals surface area contributed by atoms with E-state index in [1.54, 1.807) is 0 Å². The number of hydrogen-bond acceptors (Lipinski definition) is 5. The van der Waals surface area contributed by atoms with Crippen LogP contribution in [0.15, 0.2) is 33.5 Å². The minimum Gasteiger partial charge on any atom is -0.488 e. The van der Waals surface area contributed by atoms with E-state index in [4.69, 9.17) is 9.15 Å². The highest BCUT2D eigenvalue weighted by Crippen LogP contribution is 2.42. The first-order valence-electron chi connectivity index (χ1n) is 9.05. The number of benzene rings is 1. The monoisotopic (exact) mass is 357 g/mol. The molecule has 2 aliphatic rings. The average molecular weight is 357 g/mol. The molecule has 0 aliphatic carbocycles. The molecule has 4 rings (SSSR count). The Morgan fingerprint density at radius 2 is 2.00 bits per heavy atom. The maximum Gasteiger partial charge on any atom is 0.434 e. The SMILES string of the molecule is CC1(C)CC(C(=O)N2CCC(c3n[nH]c(=O)o3)CC2)c2ccccc2O1. The smallest absolute Gasteiger partial charge is 0.434 e. The Balaban J connectivity index is 1.49. The maximum atomic E-state index is 13.2. The van der Waals surface area contributed by atoms with Gasteiger partial charge in [-0.25, -0.2) is 9.89 Å². The molecule has 0 bridgehead atoms. The number of hydrogen-bond donors (Lipinski definition) is 1. The zero-order chi connectivity index (χ0) is 18.3. The third-order valence-electron chi connectivity index (χ3n) is 5.28. The molecule has 7 nitrogen and oxygen atoms in total. The highest BCUT2D eigenvalue weighted by atomic mass is 16.5. The van der Waals surface area contributed by atoms with Crippen LogP contribution in [0.1, 0.15) is 56.4 Å². The molecule has 138 valence electrons. The van der Waals surface area contributed by atoms with Crippen molar-refractivity contribution in [1.29, 1.82) is 0 Å². The van der Waals surface area contributed by atoms with Gasteiger partial charge in [-0.2, -0.15) is 0 Å². The van der Waals surface area contributed by atoms with Crippen LogP contribution in [0.4, 0.5) is 0 Å². The molecule has 1 N–H and O–H groups in total. The summed E-state index contributed by atoms with van der Waals surface area (Å²) >= 11 is 0. The summed E-state index contributed by atoms with van der Waals surface area (Å²) in [7, 11) is 0. The predicted octanol–water partition coefficient (Wildman–Crippen LogP) is 2.41. The summed E-state index contributed by atoms with van der Waals surface area (Å²) in [5.41, 5.74) is 0.600. The molecule has 1 unspecified atom stereocenters. The van der Waals surface area contributed by atoms with Gasteiger partial charge in [0.1, 0.15) is 11.4 Å². The molecule has 1 aromatic heterocycles. The molecular formula is C19H23N3O4. The second kappa shape index (κ2) is 6.30. The molecule has 3 heterocycles. The first kappa shape index (κ1) is 16.9. The van der Waals surface area contributed by atoms with Gasteiger partial charge in [-0.1, -0.05) is 18.2 Å². The number of aromatic amines is 1. The molecule has 2 aromatic rings. The van der Waals surface area contributed by atoms with Crippen LogP contribution in [0.25, 0.3) is 0 Å². The second-order valence-electron chi connectivity index (χ2n) is 7.71. The Hall–Kier alpha value is -2.57. The molecule has 7 heteroatoms. The van der Waals surface area contributed by atoms with Crippen molar-refractivity contribution in [3.8, 4) is 5.75 Å². The predicted molar refractivity (Wildman–Crippen MR) is 94.2 cm³/mol. The normalized spacial score (nSPS) is 22.5. The first-order chi connectivity index (χ1) is 12.4. The van der Waals surface area contributed by atoms with Crippen LogP contribution in [-0.2, 0) is 4.79 Å². The minimum absolute atomic E-state index is 0.0800. The van der Waals surface area contributed by atoms with Gasteiger partial charge in [0.15, 0.2) is 0 Å². The summed E-state index contributed by atoms with van der Waals surface area (Å²) in [5.74, 6) is 0.761. The van der Waals surface area contributed by atoms with Crippen molar-refractivity contribution in [2.24, 2.45) is 0 Å². The largest absolute Gasteiger partial charge is 0.488 e.